The summed E-state index contributed by atoms with van der Waals surface area (Å²) < 4.78 is 11.3. The second-order valence-electron chi connectivity index (χ2n) is 6.02. The van der Waals surface area contributed by atoms with Crippen LogP contribution < -0.4 is 14.8 Å². The molecule has 2 aromatic carbocycles. The molecule has 0 bridgehead atoms. The number of hydrogen-bond acceptors (Lipinski definition) is 6. The van der Waals surface area contributed by atoms with Gasteiger partial charge in [0.25, 0.3) is 5.69 Å². The zero-order chi connectivity index (χ0) is 17.9. The summed E-state index contributed by atoms with van der Waals surface area (Å²) in [6.07, 6.45) is 0.876. The molecule has 132 valence electrons. The molecule has 26 heavy (non-hydrogen) atoms. The van der Waals surface area contributed by atoms with E-state index in [9.17, 15) is 10.1 Å². The van der Waals surface area contributed by atoms with Gasteiger partial charge in [-0.3, -0.25) is 10.1 Å². The lowest BCUT2D eigenvalue weighted by Crippen LogP contribution is -2.02. The molecule has 0 saturated heterocycles. The summed E-state index contributed by atoms with van der Waals surface area (Å²) in [6.45, 7) is 1.91. The quantitative estimate of drug-likeness (QED) is 0.566. The molecule has 7 heteroatoms. The summed E-state index contributed by atoms with van der Waals surface area (Å²) in [6, 6.07) is 14.2. The number of anilines is 1. The van der Waals surface area contributed by atoms with Gasteiger partial charge in [0.05, 0.1) is 23.7 Å². The predicted octanol–water partition coefficient (Wildman–Crippen LogP) is 3.92. The Hall–Kier alpha value is -3.35. The fraction of sp³-hybridized carbons (Fsp3) is 0.211. The van der Waals surface area contributed by atoms with Gasteiger partial charge in [-0.25, -0.2) is 4.98 Å². The Labute approximate surface area is 149 Å². The van der Waals surface area contributed by atoms with E-state index in [1.165, 1.54) is 12.1 Å². The van der Waals surface area contributed by atoms with Crippen molar-refractivity contribution < 1.29 is 14.4 Å². The fourth-order valence-electron chi connectivity index (χ4n) is 2.84. The number of ether oxygens (including phenoxy) is 2. The molecule has 0 atom stereocenters. The molecule has 1 aliphatic heterocycles. The summed E-state index contributed by atoms with van der Waals surface area (Å²) in [7, 11) is 0. The third-order valence-electron chi connectivity index (χ3n) is 4.17. The van der Waals surface area contributed by atoms with Gasteiger partial charge in [-0.15, -0.1) is 0 Å². The smallest absolute Gasteiger partial charge is 0.270 e. The highest BCUT2D eigenvalue weighted by molar-refractivity contribution is 5.82. The lowest BCUT2D eigenvalue weighted by Gasteiger charge is -2.11. The maximum Gasteiger partial charge on any atom is 0.270 e. The Morgan fingerprint density at radius 3 is 2.73 bits per heavy atom. The third kappa shape index (κ3) is 3.37. The van der Waals surface area contributed by atoms with Crippen LogP contribution in [0.1, 0.15) is 12.0 Å². The second-order valence-corrected chi connectivity index (χ2v) is 6.02. The SMILES string of the molecule is O=[N+]([O-])c1ccc2nc(NCc3ccc4c(c3)OCCCO4)ccc2c1. The molecule has 1 aliphatic rings. The number of nitro groups is 1. The van der Waals surface area contributed by atoms with Crippen molar-refractivity contribution in [2.45, 2.75) is 13.0 Å². The molecule has 7 nitrogen and oxygen atoms in total. The first-order valence-electron chi connectivity index (χ1n) is 8.37. The van der Waals surface area contributed by atoms with Gasteiger partial charge in [0.2, 0.25) is 0 Å². The van der Waals surface area contributed by atoms with E-state index in [4.69, 9.17) is 9.47 Å². The summed E-state index contributed by atoms with van der Waals surface area (Å²) in [4.78, 5) is 14.9. The Balaban J connectivity index is 1.50. The van der Waals surface area contributed by atoms with Gasteiger partial charge in [0.1, 0.15) is 5.82 Å². The van der Waals surface area contributed by atoms with Crippen LogP contribution >= 0.6 is 0 Å². The zero-order valence-electron chi connectivity index (χ0n) is 14.0. The average molecular weight is 351 g/mol. The third-order valence-corrected chi connectivity index (χ3v) is 4.17. The molecular weight excluding hydrogens is 334 g/mol. The van der Waals surface area contributed by atoms with Gasteiger partial charge in [-0.2, -0.15) is 0 Å². The standard InChI is InChI=1S/C19H17N3O4/c23-22(24)15-4-5-16-14(11-15)3-7-19(21-16)20-12-13-2-6-17-18(10-13)26-9-1-8-25-17/h2-7,10-11H,1,8-9,12H2,(H,20,21). The highest BCUT2D eigenvalue weighted by atomic mass is 16.6. The number of rotatable bonds is 4. The van der Waals surface area contributed by atoms with Crippen molar-refractivity contribution in [1.29, 1.82) is 0 Å². The number of benzene rings is 2. The predicted molar refractivity (Wildman–Crippen MR) is 97.8 cm³/mol. The number of non-ortho nitro benzene ring substituents is 1. The lowest BCUT2D eigenvalue weighted by molar-refractivity contribution is -0.384. The highest BCUT2D eigenvalue weighted by Gasteiger charge is 2.11. The molecule has 3 aromatic rings. The topological polar surface area (TPSA) is 86.5 Å². The van der Waals surface area contributed by atoms with Crippen LogP contribution in [0.4, 0.5) is 11.5 Å². The molecule has 4 rings (SSSR count). The first-order chi connectivity index (χ1) is 12.7. The van der Waals surface area contributed by atoms with Crippen LogP contribution in [0.5, 0.6) is 11.5 Å². The summed E-state index contributed by atoms with van der Waals surface area (Å²) in [5.41, 5.74) is 1.83. The van der Waals surface area contributed by atoms with E-state index >= 15 is 0 Å². The lowest BCUT2D eigenvalue weighted by atomic mass is 10.2. The van der Waals surface area contributed by atoms with Crippen molar-refractivity contribution in [2.75, 3.05) is 18.5 Å². The van der Waals surface area contributed by atoms with Crippen LogP contribution in [0.25, 0.3) is 10.9 Å². The van der Waals surface area contributed by atoms with Crippen molar-refractivity contribution in [3.05, 3.63) is 64.2 Å². The Kier molecular flexibility index (Phi) is 4.27. The monoisotopic (exact) mass is 351 g/mol. The van der Waals surface area contributed by atoms with Gasteiger partial charge >= 0.3 is 0 Å². The molecule has 0 radical (unpaired) electrons. The number of pyridine rings is 1. The molecular formula is C19H17N3O4. The summed E-state index contributed by atoms with van der Waals surface area (Å²) in [5.74, 6) is 2.25. The van der Waals surface area contributed by atoms with E-state index in [0.717, 1.165) is 28.9 Å². The Morgan fingerprint density at radius 1 is 1.04 bits per heavy atom. The van der Waals surface area contributed by atoms with Gasteiger partial charge < -0.3 is 14.8 Å². The Bertz CT molecular complexity index is 974. The molecule has 2 heterocycles. The van der Waals surface area contributed by atoms with E-state index in [-0.39, 0.29) is 5.69 Å². The van der Waals surface area contributed by atoms with Crippen LogP contribution in [0.15, 0.2) is 48.5 Å². The molecule has 0 fully saturated rings. The first kappa shape index (κ1) is 16.1. The van der Waals surface area contributed by atoms with Crippen molar-refractivity contribution >= 4 is 22.4 Å². The summed E-state index contributed by atoms with van der Waals surface area (Å²) in [5, 5.41) is 14.9. The van der Waals surface area contributed by atoms with E-state index in [1.54, 1.807) is 6.07 Å². The van der Waals surface area contributed by atoms with E-state index < -0.39 is 4.92 Å². The molecule has 0 saturated carbocycles. The van der Waals surface area contributed by atoms with Crippen LogP contribution in [-0.4, -0.2) is 23.1 Å². The van der Waals surface area contributed by atoms with Crippen molar-refractivity contribution in [3.63, 3.8) is 0 Å². The first-order valence-corrected chi connectivity index (χ1v) is 8.37. The van der Waals surface area contributed by atoms with E-state index in [1.807, 2.05) is 30.3 Å². The van der Waals surface area contributed by atoms with Gasteiger partial charge in [0.15, 0.2) is 11.5 Å². The maximum atomic E-state index is 10.8. The number of hydrogen-bond donors (Lipinski definition) is 1. The molecule has 0 amide bonds. The fourth-order valence-corrected chi connectivity index (χ4v) is 2.84. The van der Waals surface area contributed by atoms with E-state index in [2.05, 4.69) is 10.3 Å². The number of nitrogens with one attached hydrogen (secondary N) is 1. The minimum absolute atomic E-state index is 0.0622. The normalized spacial score (nSPS) is 13.2. The minimum Gasteiger partial charge on any atom is -0.490 e. The number of nitro benzene ring substituents is 1. The number of aromatic nitrogens is 1. The Morgan fingerprint density at radius 2 is 1.88 bits per heavy atom. The second kappa shape index (κ2) is 6.87. The summed E-state index contributed by atoms with van der Waals surface area (Å²) >= 11 is 0. The maximum absolute atomic E-state index is 10.8. The average Bonchev–Trinajstić information content (AvgIpc) is 2.90. The largest absolute Gasteiger partial charge is 0.490 e. The van der Waals surface area contributed by atoms with Gasteiger partial charge in [0, 0.05) is 30.5 Å². The molecule has 0 unspecified atom stereocenters. The minimum atomic E-state index is -0.407. The molecule has 1 aromatic heterocycles. The van der Waals surface area contributed by atoms with Gasteiger partial charge in [-0.1, -0.05) is 6.07 Å². The van der Waals surface area contributed by atoms with Crippen LogP contribution in [-0.2, 0) is 6.54 Å². The van der Waals surface area contributed by atoms with Crippen LogP contribution in [0, 0.1) is 10.1 Å². The number of fused-ring (bicyclic) bond motifs is 2. The number of nitrogens with zero attached hydrogens (tertiary/aromatic N) is 2. The van der Waals surface area contributed by atoms with Gasteiger partial charge in [-0.05, 0) is 35.9 Å². The molecule has 0 aliphatic carbocycles. The van der Waals surface area contributed by atoms with Crippen molar-refractivity contribution in [2.24, 2.45) is 0 Å². The van der Waals surface area contributed by atoms with Crippen LogP contribution in [0.2, 0.25) is 0 Å². The zero-order valence-corrected chi connectivity index (χ0v) is 14.0. The molecule has 1 N–H and O–H groups in total. The van der Waals surface area contributed by atoms with Crippen LogP contribution in [0.3, 0.4) is 0 Å². The highest BCUT2D eigenvalue weighted by Crippen LogP contribution is 2.30. The van der Waals surface area contributed by atoms with E-state index in [0.29, 0.717) is 31.1 Å². The molecule has 0 spiro atoms. The van der Waals surface area contributed by atoms with Crippen molar-refractivity contribution in [3.8, 4) is 11.5 Å². The van der Waals surface area contributed by atoms with Crippen molar-refractivity contribution in [1.82, 2.24) is 4.98 Å².